The molecule has 0 saturated carbocycles. The van der Waals surface area contributed by atoms with Crippen LogP contribution in [0.15, 0.2) is 83.5 Å². The average Bonchev–Trinajstić information content (AvgIpc) is 3.41. The minimum atomic E-state index is -0.155. The van der Waals surface area contributed by atoms with Crippen LogP contribution in [-0.4, -0.2) is 65.8 Å². The third-order valence-electron chi connectivity index (χ3n) is 6.19. The van der Waals surface area contributed by atoms with Gasteiger partial charge in [-0.15, -0.1) is 0 Å². The van der Waals surface area contributed by atoms with Gasteiger partial charge in [-0.25, -0.2) is 0 Å². The first-order valence-corrected chi connectivity index (χ1v) is 12.1. The monoisotopic (exact) mass is 475 g/mol. The topological polar surface area (TPSA) is 66.2 Å². The molecule has 2 aromatic carbocycles. The molecule has 2 heterocycles. The highest BCUT2D eigenvalue weighted by atomic mass is 16.5. The molecule has 0 spiro atoms. The minimum absolute atomic E-state index is 0.0397. The van der Waals surface area contributed by atoms with Gasteiger partial charge in [0.05, 0.1) is 19.4 Å². The van der Waals surface area contributed by atoms with Crippen LogP contribution in [-0.2, 0) is 34.0 Å². The molecule has 3 aromatic rings. The number of hydrogen-bond donors (Lipinski definition) is 0. The van der Waals surface area contributed by atoms with Crippen molar-refractivity contribution in [2.75, 3.05) is 39.3 Å². The molecule has 4 rings (SSSR count). The summed E-state index contributed by atoms with van der Waals surface area (Å²) in [5.41, 5.74) is 2.30. The molecule has 0 aliphatic carbocycles. The largest absolute Gasteiger partial charge is 0.467 e. The van der Waals surface area contributed by atoms with Gasteiger partial charge in [0.15, 0.2) is 0 Å². The number of amides is 2. The normalized spacial score (nSPS) is 14.1. The number of hydrogen-bond acceptors (Lipinski definition) is 5. The van der Waals surface area contributed by atoms with Gasteiger partial charge in [-0.05, 0) is 23.3 Å². The van der Waals surface area contributed by atoms with Gasteiger partial charge in [0.25, 0.3) is 0 Å². The zero-order chi connectivity index (χ0) is 24.3. The molecule has 35 heavy (non-hydrogen) atoms. The summed E-state index contributed by atoms with van der Waals surface area (Å²) in [5, 5.41) is 0. The van der Waals surface area contributed by atoms with E-state index in [-0.39, 0.29) is 24.8 Å². The van der Waals surface area contributed by atoms with E-state index in [1.165, 1.54) is 5.56 Å². The summed E-state index contributed by atoms with van der Waals surface area (Å²) in [6, 6.07) is 23.8. The Kier molecular flexibility index (Phi) is 9.09. The van der Waals surface area contributed by atoms with Gasteiger partial charge in [-0.3, -0.25) is 14.5 Å². The molecule has 0 N–H and O–H groups in total. The van der Waals surface area contributed by atoms with Crippen LogP contribution in [0.25, 0.3) is 0 Å². The van der Waals surface area contributed by atoms with Crippen LogP contribution in [0.5, 0.6) is 0 Å². The molecule has 1 aromatic heterocycles. The fraction of sp³-hybridized carbons (Fsp3) is 0.357. The van der Waals surface area contributed by atoms with Crippen molar-refractivity contribution < 1.29 is 18.7 Å². The first kappa shape index (κ1) is 24.7. The van der Waals surface area contributed by atoms with Gasteiger partial charge in [-0.2, -0.15) is 0 Å². The van der Waals surface area contributed by atoms with E-state index in [4.69, 9.17) is 9.15 Å². The quantitative estimate of drug-likeness (QED) is 0.424. The Bertz CT molecular complexity index is 1030. The summed E-state index contributed by atoms with van der Waals surface area (Å²) in [4.78, 5) is 31.7. The molecule has 1 saturated heterocycles. The Labute approximate surface area is 206 Å². The van der Waals surface area contributed by atoms with Crippen LogP contribution in [0.2, 0.25) is 0 Å². The highest BCUT2D eigenvalue weighted by molar-refractivity contribution is 5.80. The predicted octanol–water partition coefficient (Wildman–Crippen LogP) is 3.56. The molecule has 7 nitrogen and oxygen atoms in total. The highest BCUT2D eigenvalue weighted by Crippen LogP contribution is 2.12. The number of nitrogens with zero attached hydrogens (tertiary/aromatic N) is 3. The number of carbonyl (C=O) groups excluding carboxylic acids is 2. The van der Waals surface area contributed by atoms with Crippen LogP contribution >= 0.6 is 0 Å². The second-order valence-electron chi connectivity index (χ2n) is 8.77. The SMILES string of the molecule is O=C(CCN(Cc1ccco1)C(=O)COCc1ccccc1)N1CCN(Cc2ccccc2)CC1. The lowest BCUT2D eigenvalue weighted by Gasteiger charge is -2.35. The summed E-state index contributed by atoms with van der Waals surface area (Å²) in [6.45, 7) is 4.99. The molecule has 0 unspecified atom stereocenters. The fourth-order valence-electron chi connectivity index (χ4n) is 4.19. The van der Waals surface area contributed by atoms with Crippen molar-refractivity contribution in [3.05, 3.63) is 95.9 Å². The number of furan rings is 1. The second kappa shape index (κ2) is 12.9. The number of benzene rings is 2. The Morgan fingerprint density at radius 1 is 0.857 bits per heavy atom. The first-order valence-electron chi connectivity index (χ1n) is 12.1. The van der Waals surface area contributed by atoms with Crippen LogP contribution < -0.4 is 0 Å². The maximum Gasteiger partial charge on any atom is 0.249 e. The van der Waals surface area contributed by atoms with E-state index in [1.54, 1.807) is 17.2 Å². The second-order valence-corrected chi connectivity index (χ2v) is 8.77. The molecule has 1 aliphatic heterocycles. The van der Waals surface area contributed by atoms with Gasteiger partial charge in [0.1, 0.15) is 12.4 Å². The maximum absolute atomic E-state index is 12.9. The van der Waals surface area contributed by atoms with E-state index in [0.717, 1.165) is 25.2 Å². The maximum atomic E-state index is 12.9. The Balaban J connectivity index is 1.24. The van der Waals surface area contributed by atoms with Gasteiger partial charge < -0.3 is 19.0 Å². The molecule has 7 heteroatoms. The predicted molar refractivity (Wildman–Crippen MR) is 133 cm³/mol. The minimum Gasteiger partial charge on any atom is -0.467 e. The van der Waals surface area contributed by atoms with E-state index in [2.05, 4.69) is 29.2 Å². The summed E-state index contributed by atoms with van der Waals surface area (Å²) < 4.78 is 11.1. The lowest BCUT2D eigenvalue weighted by Crippen LogP contribution is -2.49. The standard InChI is InChI=1S/C28H33N3O4/c32-27(30-17-15-29(16-18-30)20-24-8-3-1-4-9-24)13-14-31(21-26-12-7-19-35-26)28(33)23-34-22-25-10-5-2-6-11-25/h1-12,19H,13-18,20-23H2. The van der Waals surface area contributed by atoms with Crippen molar-refractivity contribution in [1.29, 1.82) is 0 Å². The number of piperazine rings is 1. The molecule has 1 fully saturated rings. The van der Waals surface area contributed by atoms with Crippen molar-refractivity contribution in [2.24, 2.45) is 0 Å². The number of ether oxygens (including phenoxy) is 1. The zero-order valence-electron chi connectivity index (χ0n) is 20.1. The van der Waals surface area contributed by atoms with E-state index < -0.39 is 0 Å². The lowest BCUT2D eigenvalue weighted by atomic mass is 10.2. The number of rotatable bonds is 11. The van der Waals surface area contributed by atoms with Crippen molar-refractivity contribution >= 4 is 11.8 Å². The fourth-order valence-corrected chi connectivity index (χ4v) is 4.19. The van der Waals surface area contributed by atoms with Crippen molar-refractivity contribution in [3.8, 4) is 0 Å². The zero-order valence-corrected chi connectivity index (χ0v) is 20.1. The van der Waals surface area contributed by atoms with E-state index >= 15 is 0 Å². The first-order chi connectivity index (χ1) is 17.2. The molecule has 2 amide bonds. The molecular formula is C28H33N3O4. The van der Waals surface area contributed by atoms with Crippen LogP contribution in [0.1, 0.15) is 23.3 Å². The molecule has 0 bridgehead atoms. The van der Waals surface area contributed by atoms with Crippen LogP contribution in [0, 0.1) is 0 Å². The van der Waals surface area contributed by atoms with Crippen LogP contribution in [0.3, 0.4) is 0 Å². The molecule has 0 radical (unpaired) electrons. The molecular weight excluding hydrogens is 442 g/mol. The molecule has 0 atom stereocenters. The van der Waals surface area contributed by atoms with Gasteiger partial charge in [0, 0.05) is 45.7 Å². The third kappa shape index (κ3) is 7.80. The summed E-state index contributed by atoms with van der Waals surface area (Å²) in [5.74, 6) is 0.605. The Morgan fingerprint density at radius 3 is 2.20 bits per heavy atom. The van der Waals surface area contributed by atoms with E-state index in [1.807, 2.05) is 47.4 Å². The van der Waals surface area contributed by atoms with Crippen LogP contribution in [0.4, 0.5) is 0 Å². The van der Waals surface area contributed by atoms with Crippen molar-refractivity contribution in [1.82, 2.24) is 14.7 Å². The smallest absolute Gasteiger partial charge is 0.249 e. The lowest BCUT2D eigenvalue weighted by molar-refractivity contribution is -0.139. The van der Waals surface area contributed by atoms with Gasteiger partial charge in [-0.1, -0.05) is 60.7 Å². The molecule has 1 aliphatic rings. The van der Waals surface area contributed by atoms with Gasteiger partial charge >= 0.3 is 0 Å². The highest BCUT2D eigenvalue weighted by Gasteiger charge is 2.23. The summed E-state index contributed by atoms with van der Waals surface area (Å²) in [6.07, 6.45) is 1.87. The molecule has 184 valence electrons. The summed E-state index contributed by atoms with van der Waals surface area (Å²) >= 11 is 0. The number of carbonyl (C=O) groups is 2. The van der Waals surface area contributed by atoms with Gasteiger partial charge in [0.2, 0.25) is 11.8 Å². The van der Waals surface area contributed by atoms with E-state index in [0.29, 0.717) is 38.5 Å². The third-order valence-corrected chi connectivity index (χ3v) is 6.19. The summed E-state index contributed by atoms with van der Waals surface area (Å²) in [7, 11) is 0. The van der Waals surface area contributed by atoms with Crippen molar-refractivity contribution in [2.45, 2.75) is 26.1 Å². The Hall–Kier alpha value is -3.42. The average molecular weight is 476 g/mol. The van der Waals surface area contributed by atoms with E-state index in [9.17, 15) is 9.59 Å². The Morgan fingerprint density at radius 2 is 1.54 bits per heavy atom. The van der Waals surface area contributed by atoms with Crippen molar-refractivity contribution in [3.63, 3.8) is 0 Å².